The molecule has 2 fully saturated rings. The molecule has 11 heteroatoms. The third-order valence-electron chi connectivity index (χ3n) is 7.83. The Bertz CT molecular complexity index is 1150. The molecule has 3 N–H and O–H groups in total. The van der Waals surface area contributed by atoms with Gasteiger partial charge in [-0.2, -0.15) is 13.2 Å². The second kappa shape index (κ2) is 12.0. The highest BCUT2D eigenvalue weighted by Crippen LogP contribution is 2.40. The molecule has 1 amide bonds. The molecule has 0 spiro atoms. The van der Waals surface area contributed by atoms with Gasteiger partial charge in [-0.25, -0.2) is 0 Å². The van der Waals surface area contributed by atoms with Crippen molar-refractivity contribution < 1.29 is 42.5 Å². The molecule has 1 aliphatic carbocycles. The van der Waals surface area contributed by atoms with E-state index in [9.17, 15) is 33.1 Å². The highest BCUT2D eigenvalue weighted by molar-refractivity contribution is 5.96. The molecule has 2 heterocycles. The summed E-state index contributed by atoms with van der Waals surface area (Å²) < 4.78 is 45.7. The molecule has 1 saturated carbocycles. The van der Waals surface area contributed by atoms with Crippen LogP contribution < -0.4 is 10.0 Å². The SMILES string of the molecule is CCO[C@H]1CN(C2CCC(O)(c3cc[n+](O)cc3)CC2)C[C@@H]1CC(=O)CNC(=O)c1cccc(C(F)(F)F)c1. The number of hydrogen-bond acceptors (Lipinski definition) is 6. The summed E-state index contributed by atoms with van der Waals surface area (Å²) in [6, 6.07) is 7.77. The lowest BCUT2D eigenvalue weighted by Crippen LogP contribution is -2.42. The molecule has 4 rings (SSSR count). The molecule has 0 radical (unpaired) electrons. The Morgan fingerprint density at radius 1 is 1.15 bits per heavy atom. The Morgan fingerprint density at radius 3 is 2.49 bits per heavy atom. The zero-order chi connectivity index (χ0) is 28.2. The highest BCUT2D eigenvalue weighted by Gasteiger charge is 2.42. The molecule has 1 aromatic heterocycles. The van der Waals surface area contributed by atoms with Crippen molar-refractivity contribution >= 4 is 11.7 Å². The highest BCUT2D eigenvalue weighted by atomic mass is 19.4. The first-order valence-electron chi connectivity index (χ1n) is 13.2. The van der Waals surface area contributed by atoms with Crippen LogP contribution in [0.15, 0.2) is 48.8 Å². The lowest BCUT2D eigenvalue weighted by atomic mass is 9.77. The number of ketones is 1. The number of likely N-dealkylation sites (tertiary alicyclic amines) is 1. The number of aliphatic hydroxyl groups is 1. The van der Waals surface area contributed by atoms with Crippen LogP contribution in [0.5, 0.6) is 0 Å². The molecule has 2 atom stereocenters. The van der Waals surface area contributed by atoms with Crippen LogP contribution >= 0.6 is 0 Å². The number of hydrogen-bond donors (Lipinski definition) is 3. The molecular formula is C28H35F3N3O5+. The van der Waals surface area contributed by atoms with Gasteiger partial charge in [-0.15, -0.1) is 0 Å². The number of nitrogens with zero attached hydrogens (tertiary/aromatic N) is 2. The fourth-order valence-corrected chi connectivity index (χ4v) is 5.72. The quantitative estimate of drug-likeness (QED) is 0.328. The minimum atomic E-state index is -4.56. The lowest BCUT2D eigenvalue weighted by molar-refractivity contribution is -0.904. The molecule has 8 nitrogen and oxygen atoms in total. The van der Waals surface area contributed by atoms with Gasteiger partial charge in [0.1, 0.15) is 0 Å². The van der Waals surface area contributed by atoms with Gasteiger partial charge in [-0.05, 0) is 56.4 Å². The molecule has 1 aliphatic heterocycles. The Kier molecular flexibility index (Phi) is 8.93. The number of rotatable bonds is 9. The number of Topliss-reactive ketones (excluding diaryl/α,β-unsaturated/α-hetero) is 1. The summed E-state index contributed by atoms with van der Waals surface area (Å²) in [4.78, 5) is 27.4. The monoisotopic (exact) mass is 550 g/mol. The van der Waals surface area contributed by atoms with Crippen LogP contribution in [-0.2, 0) is 21.3 Å². The smallest absolute Gasteiger partial charge is 0.385 e. The van der Waals surface area contributed by atoms with Gasteiger partial charge in [-0.1, -0.05) is 6.07 Å². The second-order valence-corrected chi connectivity index (χ2v) is 10.4. The topological polar surface area (TPSA) is 103 Å². The number of halogens is 3. The maximum atomic E-state index is 12.9. The minimum absolute atomic E-state index is 0.0714. The van der Waals surface area contributed by atoms with E-state index in [1.54, 1.807) is 12.1 Å². The number of alkyl halides is 3. The van der Waals surface area contributed by atoms with E-state index in [2.05, 4.69) is 10.2 Å². The average Bonchev–Trinajstić information content (AvgIpc) is 3.29. The Balaban J connectivity index is 1.30. The van der Waals surface area contributed by atoms with Gasteiger partial charge in [0.2, 0.25) is 12.4 Å². The molecule has 1 saturated heterocycles. The van der Waals surface area contributed by atoms with Crippen LogP contribution in [0.2, 0.25) is 0 Å². The summed E-state index contributed by atoms with van der Waals surface area (Å²) in [5.41, 5.74) is -1.25. The number of carbonyl (C=O) groups is 2. The maximum Gasteiger partial charge on any atom is 0.416 e. The zero-order valence-electron chi connectivity index (χ0n) is 21.9. The van der Waals surface area contributed by atoms with E-state index in [1.807, 2.05) is 6.92 Å². The molecule has 2 aromatic rings. The van der Waals surface area contributed by atoms with Crippen molar-refractivity contribution in [2.24, 2.45) is 5.92 Å². The number of ether oxygens (including phenoxy) is 1. The zero-order valence-corrected chi connectivity index (χ0v) is 21.9. The van der Waals surface area contributed by atoms with Crippen LogP contribution in [0, 0.1) is 5.92 Å². The number of aromatic nitrogens is 1. The van der Waals surface area contributed by atoms with E-state index >= 15 is 0 Å². The Morgan fingerprint density at radius 2 is 1.85 bits per heavy atom. The van der Waals surface area contributed by atoms with Crippen molar-refractivity contribution in [2.75, 3.05) is 26.2 Å². The molecule has 0 unspecified atom stereocenters. The van der Waals surface area contributed by atoms with Crippen molar-refractivity contribution in [1.82, 2.24) is 10.2 Å². The third-order valence-corrected chi connectivity index (χ3v) is 7.83. The van der Waals surface area contributed by atoms with Crippen molar-refractivity contribution in [3.63, 3.8) is 0 Å². The number of nitrogens with one attached hydrogen (secondary N) is 1. The van der Waals surface area contributed by atoms with Crippen molar-refractivity contribution in [3.05, 3.63) is 65.5 Å². The van der Waals surface area contributed by atoms with E-state index in [0.29, 0.717) is 32.5 Å². The predicted molar refractivity (Wildman–Crippen MR) is 134 cm³/mol. The van der Waals surface area contributed by atoms with Gasteiger partial charge in [-0.3, -0.25) is 19.7 Å². The largest absolute Gasteiger partial charge is 0.416 e. The van der Waals surface area contributed by atoms with Gasteiger partial charge < -0.3 is 15.2 Å². The van der Waals surface area contributed by atoms with Gasteiger partial charge in [0, 0.05) is 60.5 Å². The van der Waals surface area contributed by atoms with E-state index in [-0.39, 0.29) is 42.4 Å². The maximum absolute atomic E-state index is 12.9. The fraction of sp³-hybridized carbons (Fsp3) is 0.536. The first-order valence-corrected chi connectivity index (χ1v) is 13.2. The standard InChI is InChI=1S/C28H34F3N3O5/c1-2-39-25-18-33(23-6-10-27(37,11-7-23)21-8-12-34(38)13-9-21)17-20(25)15-24(35)16-32-26(36)19-4-3-5-22(14-19)28(29,30)31/h3-5,8-9,12-14,20,23,25,37H,2,6-7,10-11,15-18H2,1H3,(H-,32,36,38)/p+1/t20-,23?,25-,27?/m0/s1. The summed E-state index contributed by atoms with van der Waals surface area (Å²) >= 11 is 0. The Hall–Kier alpha value is -3.02. The number of pyridine rings is 1. The molecule has 39 heavy (non-hydrogen) atoms. The van der Waals surface area contributed by atoms with E-state index in [0.717, 1.165) is 41.3 Å². The summed E-state index contributed by atoms with van der Waals surface area (Å²) in [6.45, 7) is 3.44. The van der Waals surface area contributed by atoms with Crippen LogP contribution in [0.25, 0.3) is 0 Å². The normalized spacial score (nSPS) is 25.9. The number of benzene rings is 1. The van der Waals surface area contributed by atoms with E-state index < -0.39 is 23.2 Å². The molecule has 2 aliphatic rings. The van der Waals surface area contributed by atoms with E-state index in [1.165, 1.54) is 18.5 Å². The molecule has 212 valence electrons. The summed E-state index contributed by atoms with van der Waals surface area (Å²) in [5.74, 6) is -1.02. The fourth-order valence-electron chi connectivity index (χ4n) is 5.72. The first-order chi connectivity index (χ1) is 18.5. The van der Waals surface area contributed by atoms with Crippen molar-refractivity contribution in [2.45, 2.75) is 63.0 Å². The molecule has 0 bridgehead atoms. The van der Waals surface area contributed by atoms with Crippen molar-refractivity contribution in [3.8, 4) is 0 Å². The van der Waals surface area contributed by atoms with E-state index in [4.69, 9.17) is 4.74 Å². The lowest BCUT2D eigenvalue weighted by Gasteiger charge is -2.39. The predicted octanol–water partition coefficient (Wildman–Crippen LogP) is 3.09. The average molecular weight is 551 g/mol. The van der Waals surface area contributed by atoms with Crippen LogP contribution in [0.3, 0.4) is 0 Å². The number of carbonyl (C=O) groups excluding carboxylic acids is 2. The number of amides is 1. The second-order valence-electron chi connectivity index (χ2n) is 10.4. The minimum Gasteiger partial charge on any atom is -0.385 e. The Labute approximate surface area is 225 Å². The summed E-state index contributed by atoms with van der Waals surface area (Å²) in [7, 11) is 0. The first kappa shape index (κ1) is 29.0. The van der Waals surface area contributed by atoms with Gasteiger partial charge in [0.15, 0.2) is 5.78 Å². The van der Waals surface area contributed by atoms with Crippen LogP contribution in [0.1, 0.15) is 60.5 Å². The van der Waals surface area contributed by atoms with Crippen LogP contribution in [0.4, 0.5) is 13.2 Å². The summed E-state index contributed by atoms with van der Waals surface area (Å²) in [5, 5.41) is 23.1. The van der Waals surface area contributed by atoms with Gasteiger partial charge in [0.25, 0.3) is 5.91 Å². The van der Waals surface area contributed by atoms with Crippen LogP contribution in [-0.4, -0.2) is 65.3 Å². The van der Waals surface area contributed by atoms with Gasteiger partial charge >= 0.3 is 6.18 Å². The molecule has 1 aromatic carbocycles. The summed E-state index contributed by atoms with van der Waals surface area (Å²) in [6.07, 6.45) is 1.18. The van der Waals surface area contributed by atoms with Crippen molar-refractivity contribution in [1.29, 1.82) is 0 Å². The van der Waals surface area contributed by atoms with Gasteiger partial charge in [0.05, 0.1) is 23.8 Å². The molecular weight excluding hydrogens is 515 g/mol. The third kappa shape index (κ3) is 7.14.